The summed E-state index contributed by atoms with van der Waals surface area (Å²) in [7, 11) is 0. The normalized spacial score (nSPS) is 11.8. The topological polar surface area (TPSA) is 51.8 Å². The molecule has 0 fully saturated rings. The SMILES string of the molecule is c1ccc(-c2cc(-c3ccc4c(c3)nc(-c3ccc5c6ccccc6c6ccccc6c5c3)c3c5ccccc5oc43)nc(-c3ccccc3)n2)cc1. The van der Waals surface area contributed by atoms with Gasteiger partial charge in [0, 0.05) is 33.0 Å². The Labute approximate surface area is 304 Å². The van der Waals surface area contributed by atoms with E-state index in [9.17, 15) is 0 Å². The van der Waals surface area contributed by atoms with Gasteiger partial charge in [-0.15, -0.1) is 0 Å². The van der Waals surface area contributed by atoms with Crippen LogP contribution >= 0.6 is 0 Å². The highest BCUT2D eigenvalue weighted by molar-refractivity contribution is 6.26. The van der Waals surface area contributed by atoms with Crippen LogP contribution in [-0.2, 0) is 0 Å². The Kier molecular flexibility index (Phi) is 6.52. The molecule has 0 aliphatic rings. The van der Waals surface area contributed by atoms with Crippen molar-refractivity contribution in [3.8, 4) is 45.2 Å². The van der Waals surface area contributed by atoms with Gasteiger partial charge in [-0.25, -0.2) is 15.0 Å². The third kappa shape index (κ3) is 4.73. The summed E-state index contributed by atoms with van der Waals surface area (Å²) in [6, 6.07) is 61.3. The summed E-state index contributed by atoms with van der Waals surface area (Å²) >= 11 is 0. The van der Waals surface area contributed by atoms with Crippen molar-refractivity contribution in [2.45, 2.75) is 0 Å². The van der Waals surface area contributed by atoms with Gasteiger partial charge in [-0.3, -0.25) is 0 Å². The van der Waals surface area contributed by atoms with Crippen LogP contribution < -0.4 is 0 Å². The number of hydrogen-bond acceptors (Lipinski definition) is 4. The third-order valence-electron chi connectivity index (χ3n) is 10.4. The van der Waals surface area contributed by atoms with Crippen molar-refractivity contribution in [3.05, 3.63) is 176 Å². The molecule has 3 aromatic heterocycles. The number of aromatic nitrogens is 3. The van der Waals surface area contributed by atoms with E-state index >= 15 is 0 Å². The average molecular weight is 676 g/mol. The molecule has 0 atom stereocenters. The van der Waals surface area contributed by atoms with Gasteiger partial charge >= 0.3 is 0 Å². The fourth-order valence-corrected chi connectivity index (χ4v) is 7.95. The molecule has 0 saturated heterocycles. The van der Waals surface area contributed by atoms with Gasteiger partial charge < -0.3 is 4.42 Å². The van der Waals surface area contributed by atoms with Gasteiger partial charge in [0.15, 0.2) is 5.82 Å². The molecule has 0 saturated carbocycles. The minimum Gasteiger partial charge on any atom is -0.455 e. The number of nitrogens with zero attached hydrogens (tertiary/aromatic N) is 3. The number of rotatable bonds is 4. The predicted octanol–water partition coefficient (Wildman–Crippen LogP) is 13.1. The van der Waals surface area contributed by atoms with Gasteiger partial charge in [0.1, 0.15) is 11.2 Å². The molecule has 0 spiro atoms. The van der Waals surface area contributed by atoms with Gasteiger partial charge in [-0.2, -0.15) is 0 Å². The average Bonchev–Trinajstić information content (AvgIpc) is 3.64. The zero-order chi connectivity index (χ0) is 34.9. The monoisotopic (exact) mass is 675 g/mol. The highest BCUT2D eigenvalue weighted by atomic mass is 16.3. The van der Waals surface area contributed by atoms with E-state index in [4.69, 9.17) is 19.4 Å². The molecule has 8 aromatic carbocycles. The molecule has 11 rings (SSSR count). The standard InChI is InChI=1S/C49H29N3O/c1-3-13-30(14-4-1)42-29-43(52-49(51-42)31-15-5-2-6-16-31)32-23-26-39-44(28-32)50-47(46-40-21-11-12-22-45(40)53-48(39)46)33-24-25-38-36-19-8-7-17-34(36)35-18-9-10-20-37(35)41(38)27-33/h1-29H. The lowest BCUT2D eigenvalue weighted by Crippen LogP contribution is -1.96. The van der Waals surface area contributed by atoms with Crippen LogP contribution in [0.3, 0.4) is 0 Å². The van der Waals surface area contributed by atoms with E-state index in [0.29, 0.717) is 5.82 Å². The highest BCUT2D eigenvalue weighted by Crippen LogP contribution is 2.43. The Hall–Kier alpha value is -7.17. The van der Waals surface area contributed by atoms with Crippen molar-refractivity contribution >= 4 is 65.2 Å². The van der Waals surface area contributed by atoms with Crippen LogP contribution in [0, 0.1) is 0 Å². The number of fused-ring (bicyclic) bond motifs is 11. The van der Waals surface area contributed by atoms with Crippen LogP contribution in [0.5, 0.6) is 0 Å². The molecule has 0 aliphatic carbocycles. The summed E-state index contributed by atoms with van der Waals surface area (Å²) in [6.07, 6.45) is 0. The first-order valence-electron chi connectivity index (χ1n) is 17.9. The molecule has 0 N–H and O–H groups in total. The van der Waals surface area contributed by atoms with E-state index in [1.165, 1.54) is 32.3 Å². The Morgan fingerprint density at radius 2 is 0.868 bits per heavy atom. The quantitative estimate of drug-likeness (QED) is 0.174. The molecule has 11 aromatic rings. The highest BCUT2D eigenvalue weighted by Gasteiger charge is 2.20. The van der Waals surface area contributed by atoms with E-state index in [1.54, 1.807) is 0 Å². The smallest absolute Gasteiger partial charge is 0.160 e. The van der Waals surface area contributed by atoms with Crippen LogP contribution in [0.15, 0.2) is 180 Å². The lowest BCUT2D eigenvalue weighted by atomic mass is 9.92. The van der Waals surface area contributed by atoms with Crippen LogP contribution in [-0.4, -0.2) is 15.0 Å². The number of furan rings is 1. The van der Waals surface area contributed by atoms with Crippen molar-refractivity contribution in [2.24, 2.45) is 0 Å². The zero-order valence-electron chi connectivity index (χ0n) is 28.5. The molecule has 0 radical (unpaired) electrons. The van der Waals surface area contributed by atoms with Crippen molar-refractivity contribution in [1.82, 2.24) is 15.0 Å². The number of benzene rings is 8. The summed E-state index contributed by atoms with van der Waals surface area (Å²) in [6.45, 7) is 0. The van der Waals surface area contributed by atoms with E-state index < -0.39 is 0 Å². The molecule has 3 heterocycles. The molecule has 4 nitrogen and oxygen atoms in total. The Bertz CT molecular complexity index is 3130. The maximum absolute atomic E-state index is 6.68. The maximum Gasteiger partial charge on any atom is 0.160 e. The first kappa shape index (κ1) is 29.5. The molecule has 0 aliphatic heterocycles. The minimum atomic E-state index is 0.680. The second-order valence-corrected chi connectivity index (χ2v) is 13.5. The number of hydrogen-bond donors (Lipinski definition) is 0. The van der Waals surface area contributed by atoms with Gasteiger partial charge in [-0.05, 0) is 62.6 Å². The summed E-state index contributed by atoms with van der Waals surface area (Å²) in [5.74, 6) is 0.680. The molecular weight excluding hydrogens is 647 g/mol. The van der Waals surface area contributed by atoms with Crippen molar-refractivity contribution in [2.75, 3.05) is 0 Å². The second-order valence-electron chi connectivity index (χ2n) is 13.5. The number of para-hydroxylation sites is 1. The second kappa shape index (κ2) is 11.7. The van der Waals surface area contributed by atoms with Crippen LogP contribution in [0.4, 0.5) is 0 Å². The number of pyridine rings is 1. The fraction of sp³-hybridized carbons (Fsp3) is 0. The maximum atomic E-state index is 6.68. The van der Waals surface area contributed by atoms with Crippen LogP contribution in [0.25, 0.3) is 110 Å². The molecule has 0 amide bonds. The van der Waals surface area contributed by atoms with Gasteiger partial charge in [0.2, 0.25) is 0 Å². The summed E-state index contributed by atoms with van der Waals surface area (Å²) < 4.78 is 6.68. The van der Waals surface area contributed by atoms with Crippen LogP contribution in [0.1, 0.15) is 0 Å². The van der Waals surface area contributed by atoms with Crippen LogP contribution in [0.2, 0.25) is 0 Å². The van der Waals surface area contributed by atoms with Crippen molar-refractivity contribution in [1.29, 1.82) is 0 Å². The van der Waals surface area contributed by atoms with E-state index in [0.717, 1.165) is 72.2 Å². The van der Waals surface area contributed by atoms with Gasteiger partial charge in [0.05, 0.1) is 28.0 Å². The van der Waals surface area contributed by atoms with E-state index in [1.807, 2.05) is 48.5 Å². The molecule has 246 valence electrons. The Balaban J connectivity index is 1.17. The first-order chi connectivity index (χ1) is 26.3. The van der Waals surface area contributed by atoms with Crippen molar-refractivity contribution in [3.63, 3.8) is 0 Å². The molecule has 53 heavy (non-hydrogen) atoms. The van der Waals surface area contributed by atoms with Gasteiger partial charge in [-0.1, -0.05) is 146 Å². The summed E-state index contributed by atoms with van der Waals surface area (Å²) in [4.78, 5) is 15.6. The zero-order valence-corrected chi connectivity index (χ0v) is 28.5. The molecular formula is C49H29N3O. The Morgan fingerprint density at radius 3 is 1.57 bits per heavy atom. The lowest BCUT2D eigenvalue weighted by molar-refractivity contribution is 0.672. The molecule has 4 heteroatoms. The fourth-order valence-electron chi connectivity index (χ4n) is 7.95. The van der Waals surface area contributed by atoms with E-state index in [-0.39, 0.29) is 0 Å². The third-order valence-corrected chi connectivity index (χ3v) is 10.4. The van der Waals surface area contributed by atoms with Gasteiger partial charge in [0.25, 0.3) is 0 Å². The van der Waals surface area contributed by atoms with E-state index in [2.05, 4.69) is 127 Å². The lowest BCUT2D eigenvalue weighted by Gasteiger charge is -2.13. The Morgan fingerprint density at radius 1 is 0.340 bits per heavy atom. The summed E-state index contributed by atoms with van der Waals surface area (Å²) in [5.41, 5.74) is 9.11. The molecule has 0 bridgehead atoms. The predicted molar refractivity (Wildman–Crippen MR) is 219 cm³/mol. The summed E-state index contributed by atoms with van der Waals surface area (Å²) in [5, 5.41) is 10.4. The molecule has 0 unspecified atom stereocenters. The minimum absolute atomic E-state index is 0.680. The van der Waals surface area contributed by atoms with Crippen molar-refractivity contribution < 1.29 is 4.42 Å². The largest absolute Gasteiger partial charge is 0.455 e. The first-order valence-corrected chi connectivity index (χ1v) is 17.9.